The molecule has 0 aliphatic heterocycles. The molecule has 0 spiro atoms. The van der Waals surface area contributed by atoms with Crippen LogP contribution in [0.25, 0.3) is 11.1 Å². The van der Waals surface area contributed by atoms with Gasteiger partial charge in [0.1, 0.15) is 17.7 Å². The van der Waals surface area contributed by atoms with Gasteiger partial charge in [0.2, 0.25) is 11.8 Å². The maximum Gasteiger partial charge on any atom is 0.251 e. The normalized spacial score (nSPS) is 12.7. The van der Waals surface area contributed by atoms with E-state index in [0.29, 0.717) is 12.1 Å². The summed E-state index contributed by atoms with van der Waals surface area (Å²) in [6, 6.07) is 17.0. The van der Waals surface area contributed by atoms with E-state index in [-0.39, 0.29) is 37.6 Å². The van der Waals surface area contributed by atoms with Crippen molar-refractivity contribution in [3.8, 4) is 11.1 Å². The monoisotopic (exact) mass is 624 g/mol. The average Bonchev–Trinajstić information content (AvgIpc) is 3.00. The fraction of sp³-hybridized carbons (Fsp3) is 0.382. The minimum absolute atomic E-state index is 0.00927. The van der Waals surface area contributed by atoms with Crippen LogP contribution in [-0.4, -0.2) is 60.2 Å². The summed E-state index contributed by atoms with van der Waals surface area (Å²) in [4.78, 5) is 38.7. The Kier molecular flexibility index (Phi) is 13.1. The molecule has 0 saturated heterocycles. The van der Waals surface area contributed by atoms with Gasteiger partial charge >= 0.3 is 0 Å². The van der Waals surface area contributed by atoms with Crippen LogP contribution in [0.5, 0.6) is 0 Å². The second-order valence-corrected chi connectivity index (χ2v) is 11.4. The average molecular weight is 625 g/mol. The van der Waals surface area contributed by atoms with Crippen molar-refractivity contribution < 1.29 is 33.0 Å². The third-order valence-electron chi connectivity index (χ3n) is 6.96. The van der Waals surface area contributed by atoms with Crippen LogP contribution in [0.1, 0.15) is 55.6 Å². The molecule has 9 nitrogen and oxygen atoms in total. The largest absolute Gasteiger partial charge is 0.392 e. The first kappa shape index (κ1) is 35.3. The van der Waals surface area contributed by atoms with Crippen molar-refractivity contribution in [2.75, 3.05) is 19.7 Å². The molecule has 0 aliphatic carbocycles. The highest BCUT2D eigenvalue weighted by atomic mass is 19.1. The first-order valence-corrected chi connectivity index (χ1v) is 14.9. The number of benzene rings is 3. The maximum absolute atomic E-state index is 14.1. The summed E-state index contributed by atoms with van der Waals surface area (Å²) in [6.07, 6.45) is -0.618. The fourth-order valence-electron chi connectivity index (χ4n) is 4.57. The number of carbonyl (C=O) groups is 3. The summed E-state index contributed by atoms with van der Waals surface area (Å²) in [5.74, 6) is -2.71. The first-order valence-electron chi connectivity index (χ1n) is 14.9. The van der Waals surface area contributed by atoms with Crippen molar-refractivity contribution in [2.24, 2.45) is 0 Å². The second kappa shape index (κ2) is 16.8. The molecular formula is C34H42F2N4O5. The predicted molar refractivity (Wildman–Crippen MR) is 168 cm³/mol. The highest BCUT2D eigenvalue weighted by Crippen LogP contribution is 2.24. The zero-order valence-corrected chi connectivity index (χ0v) is 26.1. The van der Waals surface area contributed by atoms with Crippen LogP contribution in [0.2, 0.25) is 0 Å². The van der Waals surface area contributed by atoms with Crippen molar-refractivity contribution >= 4 is 17.7 Å². The van der Waals surface area contributed by atoms with Crippen LogP contribution in [0.15, 0.2) is 66.7 Å². The highest BCUT2D eigenvalue weighted by molar-refractivity contribution is 6.00. The molecule has 0 heterocycles. The number of hydrogen-bond acceptors (Lipinski definition) is 6. The molecule has 2 atom stereocenters. The van der Waals surface area contributed by atoms with E-state index in [1.165, 1.54) is 6.07 Å². The van der Waals surface area contributed by atoms with Gasteiger partial charge in [0, 0.05) is 42.7 Å². The van der Waals surface area contributed by atoms with Crippen LogP contribution < -0.4 is 21.3 Å². The molecule has 0 bridgehead atoms. The Morgan fingerprint density at radius 1 is 0.933 bits per heavy atom. The minimum atomic E-state index is -1.15. The number of aliphatic hydroxyl groups is 1. The van der Waals surface area contributed by atoms with Gasteiger partial charge in [-0.15, -0.1) is 0 Å². The van der Waals surface area contributed by atoms with Gasteiger partial charge in [-0.25, -0.2) is 8.78 Å². The van der Waals surface area contributed by atoms with E-state index < -0.39 is 47.7 Å². The zero-order valence-electron chi connectivity index (χ0n) is 26.1. The van der Waals surface area contributed by atoms with E-state index in [4.69, 9.17) is 4.74 Å². The standard InChI is InChI=1S/C34H42F2N4O5/c1-5-37-32(43)26-10-7-6-9-25(26)24-15-13-23(14-16-24)19-38-33(44)30(21-45-20-27-28(35)11-8-12-29(27)36)40-31(42)17-34(3,4)39-18-22(2)41/h6-16,22,30,39,41H,5,17-21H2,1-4H3,(H,37,43)(H,38,44)(H,40,42)/t22-,30-/m1/s1. The Balaban J connectivity index is 1.68. The summed E-state index contributed by atoms with van der Waals surface area (Å²) in [7, 11) is 0. The van der Waals surface area contributed by atoms with E-state index in [1.807, 2.05) is 43.3 Å². The van der Waals surface area contributed by atoms with Crippen LogP contribution in [-0.2, 0) is 27.5 Å². The number of halogens is 2. The number of ether oxygens (including phenoxy) is 1. The van der Waals surface area contributed by atoms with Gasteiger partial charge in [-0.3, -0.25) is 14.4 Å². The van der Waals surface area contributed by atoms with E-state index in [1.54, 1.807) is 32.9 Å². The Morgan fingerprint density at radius 2 is 1.60 bits per heavy atom. The Bertz CT molecular complexity index is 1430. The lowest BCUT2D eigenvalue weighted by molar-refractivity contribution is -0.131. The third-order valence-corrected chi connectivity index (χ3v) is 6.96. The first-order chi connectivity index (χ1) is 21.4. The van der Waals surface area contributed by atoms with Crippen LogP contribution in [0, 0.1) is 11.6 Å². The molecule has 0 radical (unpaired) electrons. The number of nitrogens with one attached hydrogen (secondary N) is 4. The number of hydrogen-bond donors (Lipinski definition) is 5. The summed E-state index contributed by atoms with van der Waals surface area (Å²) in [5, 5.41) is 20.9. The third kappa shape index (κ3) is 11.0. The van der Waals surface area contributed by atoms with Gasteiger partial charge in [0.25, 0.3) is 5.91 Å². The van der Waals surface area contributed by atoms with Gasteiger partial charge in [-0.2, -0.15) is 0 Å². The zero-order chi connectivity index (χ0) is 33.0. The van der Waals surface area contributed by atoms with Gasteiger partial charge in [-0.1, -0.05) is 48.5 Å². The van der Waals surface area contributed by atoms with Gasteiger partial charge in [0.05, 0.1) is 19.3 Å². The fourth-order valence-corrected chi connectivity index (χ4v) is 4.57. The molecule has 0 unspecified atom stereocenters. The highest BCUT2D eigenvalue weighted by Gasteiger charge is 2.27. The molecule has 45 heavy (non-hydrogen) atoms. The van der Waals surface area contributed by atoms with E-state index in [0.717, 1.165) is 28.8 Å². The van der Waals surface area contributed by atoms with E-state index >= 15 is 0 Å². The second-order valence-electron chi connectivity index (χ2n) is 11.4. The molecule has 3 aromatic carbocycles. The van der Waals surface area contributed by atoms with Crippen molar-refractivity contribution in [2.45, 2.75) is 65.0 Å². The van der Waals surface area contributed by atoms with Crippen molar-refractivity contribution in [3.63, 3.8) is 0 Å². The molecular weight excluding hydrogens is 582 g/mol. The summed E-state index contributed by atoms with van der Waals surface area (Å²) in [5.41, 5.74) is 1.97. The Labute approximate surface area is 262 Å². The molecule has 242 valence electrons. The molecule has 3 aromatic rings. The molecule has 0 aliphatic rings. The topological polar surface area (TPSA) is 129 Å². The molecule has 0 saturated carbocycles. The van der Waals surface area contributed by atoms with E-state index in [9.17, 15) is 28.3 Å². The smallest absolute Gasteiger partial charge is 0.251 e. The summed E-state index contributed by atoms with van der Waals surface area (Å²) >= 11 is 0. The number of amides is 3. The molecule has 11 heteroatoms. The van der Waals surface area contributed by atoms with Gasteiger partial charge in [0.15, 0.2) is 0 Å². The van der Waals surface area contributed by atoms with Crippen LogP contribution in [0.3, 0.4) is 0 Å². The number of β-amino-alcohol motifs (C(OH)–C–C–N with tert-alkyl or cyclic N) is 1. The maximum atomic E-state index is 14.1. The molecule has 3 amide bonds. The molecule has 0 aromatic heterocycles. The predicted octanol–water partition coefficient (Wildman–Crippen LogP) is 3.84. The lowest BCUT2D eigenvalue weighted by atomic mass is 9.98. The quantitative estimate of drug-likeness (QED) is 0.165. The van der Waals surface area contributed by atoms with Gasteiger partial charge < -0.3 is 31.1 Å². The summed E-state index contributed by atoms with van der Waals surface area (Å²) in [6.45, 7) is 7.21. The SMILES string of the molecule is CCNC(=O)c1ccccc1-c1ccc(CNC(=O)[C@@H](COCc2c(F)cccc2F)NC(=O)CC(C)(C)NC[C@@H](C)O)cc1. The minimum Gasteiger partial charge on any atom is -0.392 e. The van der Waals surface area contributed by atoms with Crippen LogP contribution >= 0.6 is 0 Å². The number of carbonyl (C=O) groups excluding carboxylic acids is 3. The summed E-state index contributed by atoms with van der Waals surface area (Å²) < 4.78 is 33.7. The molecule has 3 rings (SSSR count). The molecule has 5 N–H and O–H groups in total. The Hall–Kier alpha value is -4.19. The molecule has 0 fully saturated rings. The lowest BCUT2D eigenvalue weighted by Crippen LogP contribution is -2.52. The van der Waals surface area contributed by atoms with Crippen LogP contribution in [0.4, 0.5) is 8.78 Å². The van der Waals surface area contributed by atoms with Crippen molar-refractivity contribution in [3.05, 3.63) is 95.1 Å². The lowest BCUT2D eigenvalue weighted by Gasteiger charge is -2.28. The van der Waals surface area contributed by atoms with Crippen molar-refractivity contribution in [1.29, 1.82) is 0 Å². The Morgan fingerprint density at radius 3 is 2.24 bits per heavy atom. The van der Waals surface area contributed by atoms with Gasteiger partial charge in [-0.05, 0) is 62.6 Å². The van der Waals surface area contributed by atoms with Crippen molar-refractivity contribution in [1.82, 2.24) is 21.3 Å². The van der Waals surface area contributed by atoms with E-state index in [2.05, 4.69) is 21.3 Å². The number of rotatable bonds is 16. The number of aliphatic hydroxyl groups excluding tert-OH is 1.